The van der Waals surface area contributed by atoms with E-state index in [4.69, 9.17) is 4.74 Å². The molecule has 0 radical (unpaired) electrons. The number of allylic oxidation sites excluding steroid dienone is 1. The van der Waals surface area contributed by atoms with Gasteiger partial charge in [-0.1, -0.05) is 6.58 Å². The number of H-pyrrole nitrogens is 1. The molecule has 5 rings (SSSR count). The van der Waals surface area contributed by atoms with Gasteiger partial charge in [-0.05, 0) is 68.6 Å². The fourth-order valence-corrected chi connectivity index (χ4v) is 5.52. The Morgan fingerprint density at radius 1 is 1.00 bits per heavy atom. The van der Waals surface area contributed by atoms with Gasteiger partial charge in [-0.15, -0.1) is 0 Å². The smallest absolute Gasteiger partial charge is 0.328 e. The number of nitrogens with zero attached hydrogens (tertiary/aromatic N) is 3. The fourth-order valence-electron chi connectivity index (χ4n) is 5.52. The van der Waals surface area contributed by atoms with Gasteiger partial charge in [0, 0.05) is 44.3 Å². The summed E-state index contributed by atoms with van der Waals surface area (Å²) < 4.78 is 6.54. The summed E-state index contributed by atoms with van der Waals surface area (Å²) in [6, 6.07) is 5.09. The summed E-state index contributed by atoms with van der Waals surface area (Å²) in [6.07, 6.45) is 5.83. The van der Waals surface area contributed by atoms with Crippen LogP contribution in [0.3, 0.4) is 0 Å². The van der Waals surface area contributed by atoms with Gasteiger partial charge in [0.05, 0.1) is 18.0 Å². The van der Waals surface area contributed by atoms with Crippen LogP contribution in [0.15, 0.2) is 40.1 Å². The molecule has 1 amide bonds. The van der Waals surface area contributed by atoms with Crippen LogP contribution in [-0.2, 0) is 11.3 Å². The van der Waals surface area contributed by atoms with Crippen molar-refractivity contribution in [2.45, 2.75) is 45.1 Å². The predicted molar refractivity (Wildman–Crippen MR) is 131 cm³/mol. The number of hydrogen-bond donors (Lipinski definition) is 1. The van der Waals surface area contributed by atoms with E-state index in [-0.39, 0.29) is 29.0 Å². The highest BCUT2D eigenvalue weighted by atomic mass is 16.5. The van der Waals surface area contributed by atoms with E-state index in [9.17, 15) is 14.4 Å². The monoisotopic (exact) mass is 466 g/mol. The molecule has 0 unspecified atom stereocenters. The molecule has 1 aromatic carbocycles. The number of aromatic nitrogens is 2. The standard InChI is InChI=1S/C26H34N4O4/c1-17(19-7-8-19)28-11-13-29(14-12-28)24(31)20-5-3-18(4-6-20)16-30-25(32)22-15-21(34-2)9-10-23(22)27-26(30)33/h9-10,15,18-20H,1,3-8,11-14,16H2,2H3,(H,27,33)/t18-,20-. The van der Waals surface area contributed by atoms with Gasteiger partial charge >= 0.3 is 5.69 Å². The van der Waals surface area contributed by atoms with Crippen LogP contribution in [-0.4, -0.2) is 58.5 Å². The quantitative estimate of drug-likeness (QED) is 0.707. The van der Waals surface area contributed by atoms with E-state index in [1.807, 2.05) is 4.90 Å². The Kier molecular flexibility index (Phi) is 6.23. The number of hydrogen-bond acceptors (Lipinski definition) is 5. The molecule has 3 fully saturated rings. The molecule has 2 saturated carbocycles. The molecule has 8 heteroatoms. The number of piperazine rings is 1. The maximum Gasteiger partial charge on any atom is 0.328 e. The lowest BCUT2D eigenvalue weighted by Crippen LogP contribution is -2.50. The van der Waals surface area contributed by atoms with Crippen molar-refractivity contribution in [3.63, 3.8) is 0 Å². The molecule has 0 spiro atoms. The van der Waals surface area contributed by atoms with E-state index >= 15 is 0 Å². The summed E-state index contributed by atoms with van der Waals surface area (Å²) >= 11 is 0. The van der Waals surface area contributed by atoms with Crippen molar-refractivity contribution in [3.8, 4) is 5.75 Å². The van der Waals surface area contributed by atoms with Crippen LogP contribution in [0.2, 0.25) is 0 Å². The molecule has 8 nitrogen and oxygen atoms in total. The molecule has 182 valence electrons. The molecule has 2 aromatic rings. The number of ether oxygens (including phenoxy) is 1. The van der Waals surface area contributed by atoms with Crippen molar-refractivity contribution < 1.29 is 9.53 Å². The summed E-state index contributed by atoms with van der Waals surface area (Å²) in [4.78, 5) is 45.9. The molecule has 1 aliphatic heterocycles. The number of benzene rings is 1. The first-order valence-electron chi connectivity index (χ1n) is 12.5. The topological polar surface area (TPSA) is 87.6 Å². The van der Waals surface area contributed by atoms with Crippen LogP contribution in [0.5, 0.6) is 5.75 Å². The number of fused-ring (bicyclic) bond motifs is 1. The van der Waals surface area contributed by atoms with Crippen LogP contribution in [0, 0.1) is 17.8 Å². The van der Waals surface area contributed by atoms with E-state index in [2.05, 4.69) is 16.5 Å². The van der Waals surface area contributed by atoms with Gasteiger partial charge in [0.25, 0.3) is 5.56 Å². The summed E-state index contributed by atoms with van der Waals surface area (Å²) in [5.41, 5.74) is 1.10. The van der Waals surface area contributed by atoms with Gasteiger partial charge in [-0.25, -0.2) is 4.79 Å². The molecule has 1 aromatic heterocycles. The zero-order valence-electron chi connectivity index (χ0n) is 19.9. The molecule has 1 N–H and O–H groups in total. The third kappa shape index (κ3) is 4.50. The highest BCUT2D eigenvalue weighted by molar-refractivity contribution is 5.79. The van der Waals surface area contributed by atoms with E-state index in [1.54, 1.807) is 25.3 Å². The second-order valence-corrected chi connectivity index (χ2v) is 10.1. The number of carbonyl (C=O) groups excluding carboxylic acids is 1. The molecule has 3 aliphatic rings. The average Bonchev–Trinajstić information content (AvgIpc) is 3.72. The third-order valence-electron chi connectivity index (χ3n) is 7.87. The Labute approximate surface area is 199 Å². The molecule has 1 saturated heterocycles. The zero-order valence-corrected chi connectivity index (χ0v) is 19.9. The number of nitrogens with one attached hydrogen (secondary N) is 1. The van der Waals surface area contributed by atoms with Gasteiger partial charge in [0.2, 0.25) is 5.91 Å². The highest BCUT2D eigenvalue weighted by Crippen LogP contribution is 2.37. The highest BCUT2D eigenvalue weighted by Gasteiger charge is 2.34. The lowest BCUT2D eigenvalue weighted by molar-refractivity contribution is -0.138. The normalized spacial score (nSPS) is 23.2. The number of carbonyl (C=O) groups is 1. The molecule has 0 atom stereocenters. The Morgan fingerprint density at radius 2 is 1.65 bits per heavy atom. The second kappa shape index (κ2) is 9.31. The lowest BCUT2D eigenvalue weighted by atomic mass is 9.81. The van der Waals surface area contributed by atoms with Crippen molar-refractivity contribution in [1.29, 1.82) is 0 Å². The van der Waals surface area contributed by atoms with E-state index in [0.29, 0.717) is 29.1 Å². The maximum absolute atomic E-state index is 13.1. The average molecular weight is 467 g/mol. The van der Waals surface area contributed by atoms with Crippen LogP contribution in [0.4, 0.5) is 0 Å². The number of aromatic amines is 1. The minimum Gasteiger partial charge on any atom is -0.497 e. The molecular formula is C26H34N4O4. The van der Waals surface area contributed by atoms with E-state index in [0.717, 1.165) is 51.9 Å². The molecule has 2 aliphatic carbocycles. The van der Waals surface area contributed by atoms with Gasteiger partial charge in [-0.2, -0.15) is 0 Å². The summed E-state index contributed by atoms with van der Waals surface area (Å²) in [5, 5.41) is 0.450. The van der Waals surface area contributed by atoms with Crippen LogP contribution in [0.1, 0.15) is 38.5 Å². The van der Waals surface area contributed by atoms with Crippen LogP contribution in [0.25, 0.3) is 10.9 Å². The summed E-state index contributed by atoms with van der Waals surface area (Å²) in [7, 11) is 1.55. The Balaban J connectivity index is 1.18. The van der Waals surface area contributed by atoms with Crippen LogP contribution >= 0.6 is 0 Å². The molecule has 2 heterocycles. The van der Waals surface area contributed by atoms with Gasteiger partial charge in [0.1, 0.15) is 5.75 Å². The molecule has 0 bridgehead atoms. The third-order valence-corrected chi connectivity index (χ3v) is 7.87. The van der Waals surface area contributed by atoms with E-state index < -0.39 is 0 Å². The van der Waals surface area contributed by atoms with Gasteiger partial charge in [-0.3, -0.25) is 14.2 Å². The largest absolute Gasteiger partial charge is 0.497 e. The second-order valence-electron chi connectivity index (χ2n) is 10.1. The Morgan fingerprint density at radius 3 is 2.29 bits per heavy atom. The van der Waals surface area contributed by atoms with Gasteiger partial charge < -0.3 is 19.5 Å². The number of methoxy groups -OCH3 is 1. The van der Waals surface area contributed by atoms with Crippen LogP contribution < -0.4 is 16.0 Å². The SMILES string of the molecule is C=C(C1CC1)N1CCN(C(=O)[C@H]2CC[C@H](Cn3c(=O)[nH]c4ccc(OC)cc4c3=O)CC2)CC1. The molecule has 34 heavy (non-hydrogen) atoms. The molecular weight excluding hydrogens is 432 g/mol. The summed E-state index contributed by atoms with van der Waals surface area (Å²) in [5.74, 6) is 1.78. The lowest BCUT2D eigenvalue weighted by Gasteiger charge is -2.39. The van der Waals surface area contributed by atoms with Gasteiger partial charge in [0.15, 0.2) is 0 Å². The van der Waals surface area contributed by atoms with E-state index in [1.165, 1.54) is 23.1 Å². The van der Waals surface area contributed by atoms with Crippen molar-refractivity contribution >= 4 is 16.8 Å². The summed E-state index contributed by atoms with van der Waals surface area (Å²) in [6.45, 7) is 7.94. The Hall–Kier alpha value is -3.03. The number of rotatable bonds is 6. The van der Waals surface area contributed by atoms with Crippen molar-refractivity contribution in [2.75, 3.05) is 33.3 Å². The number of amides is 1. The first kappa shape index (κ1) is 22.7. The van der Waals surface area contributed by atoms with Crippen molar-refractivity contribution in [1.82, 2.24) is 19.4 Å². The predicted octanol–water partition coefficient (Wildman–Crippen LogP) is 2.57. The maximum atomic E-state index is 13.1. The minimum absolute atomic E-state index is 0.0466. The Bertz CT molecular complexity index is 1200. The fraction of sp³-hybridized carbons (Fsp3) is 0.577. The first-order valence-corrected chi connectivity index (χ1v) is 12.5. The van der Waals surface area contributed by atoms with Crippen molar-refractivity contribution in [3.05, 3.63) is 51.3 Å². The zero-order chi connectivity index (χ0) is 23.8. The van der Waals surface area contributed by atoms with Crippen molar-refractivity contribution in [2.24, 2.45) is 17.8 Å². The first-order chi connectivity index (χ1) is 16.4. The minimum atomic E-state index is -0.383.